The largest absolute Gasteiger partial charge is 0.618 e. The van der Waals surface area contributed by atoms with Crippen LogP contribution in [0.15, 0.2) is 79.0 Å². The normalized spacial score (nSPS) is 12.0. The molecule has 4 rings (SSSR count). The number of fused-ring (bicyclic) bond motifs is 1. The zero-order valence-electron chi connectivity index (χ0n) is 14.7. The third-order valence-electron chi connectivity index (χ3n) is 4.55. The lowest BCUT2D eigenvalue weighted by atomic mass is 10.1. The fraction of sp³-hybridized carbons (Fsp3) is 0.0952. The predicted octanol–water partition coefficient (Wildman–Crippen LogP) is 2.73. The Bertz CT molecular complexity index is 1110. The minimum absolute atomic E-state index is 0.0391. The van der Waals surface area contributed by atoms with Crippen molar-refractivity contribution < 1.29 is 9.52 Å². The number of pyridine rings is 1. The van der Waals surface area contributed by atoms with Crippen molar-refractivity contribution in [3.05, 3.63) is 101 Å². The SMILES string of the molecule is Cn1c([C@@H](NC(=O)c2cccc[n+]2[O-])c2ccccc2)nc2ccccc21. The van der Waals surface area contributed by atoms with E-state index < -0.39 is 11.9 Å². The molecule has 2 heterocycles. The van der Waals surface area contributed by atoms with Crippen LogP contribution in [0.2, 0.25) is 0 Å². The van der Waals surface area contributed by atoms with Crippen LogP contribution in [0.3, 0.4) is 0 Å². The molecule has 0 saturated heterocycles. The number of nitrogens with zero attached hydrogens (tertiary/aromatic N) is 3. The molecule has 4 aromatic rings. The van der Waals surface area contributed by atoms with Gasteiger partial charge in [0, 0.05) is 19.2 Å². The Labute approximate surface area is 156 Å². The second-order valence-corrected chi connectivity index (χ2v) is 6.25. The van der Waals surface area contributed by atoms with Crippen molar-refractivity contribution >= 4 is 16.9 Å². The van der Waals surface area contributed by atoms with Crippen molar-refractivity contribution in [2.45, 2.75) is 6.04 Å². The third-order valence-corrected chi connectivity index (χ3v) is 4.55. The van der Waals surface area contributed by atoms with E-state index in [0.29, 0.717) is 10.6 Å². The molecule has 0 unspecified atom stereocenters. The molecule has 0 saturated carbocycles. The molecule has 1 N–H and O–H groups in total. The topological polar surface area (TPSA) is 73.9 Å². The number of benzene rings is 2. The van der Waals surface area contributed by atoms with Crippen LogP contribution in [-0.4, -0.2) is 15.5 Å². The first-order valence-corrected chi connectivity index (χ1v) is 8.60. The first-order valence-electron chi connectivity index (χ1n) is 8.60. The molecule has 1 amide bonds. The summed E-state index contributed by atoms with van der Waals surface area (Å²) < 4.78 is 2.52. The summed E-state index contributed by atoms with van der Waals surface area (Å²) in [6, 6.07) is 21.7. The summed E-state index contributed by atoms with van der Waals surface area (Å²) in [6.45, 7) is 0. The molecule has 2 aromatic carbocycles. The first kappa shape index (κ1) is 16.8. The third kappa shape index (κ3) is 3.13. The summed E-state index contributed by atoms with van der Waals surface area (Å²) in [6.07, 6.45) is 1.31. The van der Waals surface area contributed by atoms with Gasteiger partial charge in [0.2, 0.25) is 0 Å². The average molecular weight is 358 g/mol. The van der Waals surface area contributed by atoms with Crippen molar-refractivity contribution in [1.29, 1.82) is 0 Å². The van der Waals surface area contributed by atoms with Crippen LogP contribution in [0.1, 0.15) is 27.9 Å². The number of aromatic nitrogens is 3. The Morgan fingerprint density at radius 1 is 1.04 bits per heavy atom. The number of amides is 1. The quantitative estimate of drug-likeness (QED) is 0.450. The summed E-state index contributed by atoms with van der Waals surface area (Å²) in [7, 11) is 1.92. The van der Waals surface area contributed by atoms with Gasteiger partial charge in [0.1, 0.15) is 11.9 Å². The highest BCUT2D eigenvalue weighted by atomic mass is 16.5. The molecule has 6 nitrogen and oxygen atoms in total. The van der Waals surface area contributed by atoms with Crippen LogP contribution in [0.4, 0.5) is 0 Å². The van der Waals surface area contributed by atoms with E-state index >= 15 is 0 Å². The predicted molar refractivity (Wildman–Crippen MR) is 102 cm³/mol. The Morgan fingerprint density at radius 2 is 1.74 bits per heavy atom. The van der Waals surface area contributed by atoms with E-state index in [1.807, 2.05) is 66.2 Å². The number of carbonyl (C=O) groups excluding carboxylic acids is 1. The lowest BCUT2D eigenvalue weighted by Crippen LogP contribution is -2.41. The van der Waals surface area contributed by atoms with E-state index in [1.54, 1.807) is 12.1 Å². The number of para-hydroxylation sites is 2. The number of hydrogen-bond donors (Lipinski definition) is 1. The van der Waals surface area contributed by atoms with E-state index in [9.17, 15) is 10.0 Å². The fourth-order valence-corrected chi connectivity index (χ4v) is 3.17. The van der Waals surface area contributed by atoms with Crippen molar-refractivity contribution in [3.63, 3.8) is 0 Å². The van der Waals surface area contributed by atoms with Crippen LogP contribution in [0, 0.1) is 5.21 Å². The van der Waals surface area contributed by atoms with Crippen LogP contribution < -0.4 is 10.0 Å². The minimum Gasteiger partial charge on any atom is -0.618 e. The van der Waals surface area contributed by atoms with Crippen molar-refractivity contribution in [2.24, 2.45) is 7.05 Å². The zero-order chi connectivity index (χ0) is 18.8. The fourth-order valence-electron chi connectivity index (χ4n) is 3.17. The van der Waals surface area contributed by atoms with E-state index in [4.69, 9.17) is 4.98 Å². The first-order chi connectivity index (χ1) is 13.1. The second kappa shape index (κ2) is 6.92. The molecule has 6 heteroatoms. The van der Waals surface area contributed by atoms with Crippen molar-refractivity contribution in [2.75, 3.05) is 0 Å². The molecule has 1 atom stereocenters. The molecular weight excluding hydrogens is 340 g/mol. The van der Waals surface area contributed by atoms with E-state index in [-0.39, 0.29) is 5.69 Å². The maximum Gasteiger partial charge on any atom is 0.318 e. The van der Waals surface area contributed by atoms with Gasteiger partial charge in [0.05, 0.1) is 11.0 Å². The van der Waals surface area contributed by atoms with Gasteiger partial charge in [-0.25, -0.2) is 4.98 Å². The van der Waals surface area contributed by atoms with Crippen molar-refractivity contribution in [1.82, 2.24) is 14.9 Å². The molecule has 2 aromatic heterocycles. The highest BCUT2D eigenvalue weighted by Gasteiger charge is 2.25. The van der Waals surface area contributed by atoms with Crippen LogP contribution >= 0.6 is 0 Å². The van der Waals surface area contributed by atoms with Crippen LogP contribution in [0.25, 0.3) is 11.0 Å². The van der Waals surface area contributed by atoms with Gasteiger partial charge in [0.25, 0.3) is 5.69 Å². The summed E-state index contributed by atoms with van der Waals surface area (Å²) in [5.41, 5.74) is 2.75. The van der Waals surface area contributed by atoms with Gasteiger partial charge >= 0.3 is 5.91 Å². The van der Waals surface area contributed by atoms with Gasteiger partial charge < -0.3 is 15.1 Å². The minimum atomic E-state index is -0.490. The van der Waals surface area contributed by atoms with Gasteiger partial charge in [-0.05, 0) is 23.8 Å². The number of nitrogens with one attached hydrogen (secondary N) is 1. The Balaban J connectivity index is 1.79. The lowest BCUT2D eigenvalue weighted by molar-refractivity contribution is -0.607. The number of imidazole rings is 1. The highest BCUT2D eigenvalue weighted by molar-refractivity contribution is 5.91. The molecule has 0 fully saturated rings. The average Bonchev–Trinajstić information content (AvgIpc) is 3.04. The van der Waals surface area contributed by atoms with E-state index in [0.717, 1.165) is 16.6 Å². The molecule has 0 aliphatic rings. The number of aryl methyl sites for hydroxylation is 1. The molecule has 0 bridgehead atoms. The molecule has 27 heavy (non-hydrogen) atoms. The molecular formula is C21H18N4O2. The molecule has 0 aliphatic heterocycles. The van der Waals surface area contributed by atoms with E-state index in [1.165, 1.54) is 12.3 Å². The maximum absolute atomic E-state index is 12.8. The standard InChI is InChI=1S/C21H18N4O2/c1-24-17-12-6-5-11-16(17)22-20(24)19(15-9-3-2-4-10-15)23-21(26)18-13-7-8-14-25(18)27/h2-14,19H,1H3,(H,23,26)/t19-/m0/s1. The monoisotopic (exact) mass is 358 g/mol. The smallest absolute Gasteiger partial charge is 0.318 e. The van der Waals surface area contributed by atoms with Gasteiger partial charge in [0.15, 0.2) is 6.20 Å². The molecule has 0 radical (unpaired) electrons. The maximum atomic E-state index is 12.8. The summed E-state index contributed by atoms with van der Waals surface area (Å²) in [4.78, 5) is 17.5. The highest BCUT2D eigenvalue weighted by Crippen LogP contribution is 2.25. The Hall–Kier alpha value is -3.67. The Kier molecular flexibility index (Phi) is 4.30. The van der Waals surface area contributed by atoms with Crippen LogP contribution in [-0.2, 0) is 7.05 Å². The van der Waals surface area contributed by atoms with Gasteiger partial charge in [-0.2, -0.15) is 4.73 Å². The summed E-state index contributed by atoms with van der Waals surface area (Å²) >= 11 is 0. The summed E-state index contributed by atoms with van der Waals surface area (Å²) in [5, 5.41) is 14.9. The second-order valence-electron chi connectivity index (χ2n) is 6.25. The Morgan fingerprint density at radius 3 is 2.48 bits per heavy atom. The van der Waals surface area contributed by atoms with Gasteiger partial charge in [-0.1, -0.05) is 42.5 Å². The van der Waals surface area contributed by atoms with Crippen LogP contribution in [0.5, 0.6) is 0 Å². The lowest BCUT2D eigenvalue weighted by Gasteiger charge is -2.19. The zero-order valence-corrected chi connectivity index (χ0v) is 14.7. The summed E-state index contributed by atoms with van der Waals surface area (Å²) in [5.74, 6) is 0.246. The molecule has 0 spiro atoms. The van der Waals surface area contributed by atoms with Gasteiger partial charge in [-0.15, -0.1) is 0 Å². The van der Waals surface area contributed by atoms with E-state index in [2.05, 4.69) is 5.32 Å². The van der Waals surface area contributed by atoms with Gasteiger partial charge in [-0.3, -0.25) is 4.79 Å². The molecule has 0 aliphatic carbocycles. The number of hydrogen-bond acceptors (Lipinski definition) is 3. The molecule has 134 valence electrons. The number of carbonyl (C=O) groups is 1. The number of rotatable bonds is 4. The van der Waals surface area contributed by atoms with Crippen molar-refractivity contribution in [3.8, 4) is 0 Å².